The lowest BCUT2D eigenvalue weighted by molar-refractivity contribution is 0.0702. The van der Waals surface area contributed by atoms with Crippen molar-refractivity contribution in [2.24, 2.45) is 0 Å². The van der Waals surface area contributed by atoms with E-state index in [-0.39, 0.29) is 4.88 Å². The van der Waals surface area contributed by atoms with E-state index in [1.54, 1.807) is 7.11 Å². The van der Waals surface area contributed by atoms with Gasteiger partial charge in [-0.3, -0.25) is 4.40 Å². The van der Waals surface area contributed by atoms with Gasteiger partial charge in [0.25, 0.3) is 0 Å². The Morgan fingerprint density at radius 2 is 1.92 bits per heavy atom. The Morgan fingerprint density at radius 1 is 1.15 bits per heavy atom. The van der Waals surface area contributed by atoms with Crippen LogP contribution in [0.25, 0.3) is 27.5 Å². The van der Waals surface area contributed by atoms with E-state index >= 15 is 0 Å². The summed E-state index contributed by atoms with van der Waals surface area (Å²) in [7, 11) is 1.65. The topological polar surface area (TPSA) is 63.8 Å². The van der Waals surface area contributed by atoms with Gasteiger partial charge >= 0.3 is 5.97 Å². The molecule has 0 atom stereocenters. The van der Waals surface area contributed by atoms with Crippen LogP contribution in [0, 0.1) is 6.92 Å². The van der Waals surface area contributed by atoms with Crippen LogP contribution in [-0.2, 0) is 0 Å². The second-order valence-electron chi connectivity index (χ2n) is 5.91. The van der Waals surface area contributed by atoms with Gasteiger partial charge in [0.2, 0.25) is 0 Å². The molecule has 0 aliphatic rings. The molecule has 0 saturated heterocycles. The number of aromatic nitrogens is 2. The lowest BCUT2D eigenvalue weighted by Crippen LogP contribution is -1.97. The van der Waals surface area contributed by atoms with Crippen molar-refractivity contribution in [3.8, 4) is 28.3 Å². The molecule has 0 aliphatic heterocycles. The number of fused-ring (bicyclic) bond motifs is 1. The Morgan fingerprint density at radius 3 is 2.58 bits per heavy atom. The molecule has 0 amide bonds. The first-order valence-corrected chi connectivity index (χ1v) is 8.85. The molecule has 26 heavy (non-hydrogen) atoms. The average molecular weight is 364 g/mol. The SMILES string of the molecule is COc1ccc(-c2cn3c(-c4ccccc4)c(C(=O)O)sc3n2)cc1C. The zero-order valence-electron chi connectivity index (χ0n) is 14.3. The monoisotopic (exact) mass is 364 g/mol. The summed E-state index contributed by atoms with van der Waals surface area (Å²) in [5.41, 5.74) is 4.30. The van der Waals surface area contributed by atoms with E-state index in [4.69, 9.17) is 4.74 Å². The molecule has 130 valence electrons. The molecule has 0 spiro atoms. The molecule has 2 heterocycles. The van der Waals surface area contributed by atoms with E-state index in [9.17, 15) is 9.90 Å². The highest BCUT2D eigenvalue weighted by atomic mass is 32.1. The van der Waals surface area contributed by atoms with Crippen molar-refractivity contribution in [3.63, 3.8) is 0 Å². The van der Waals surface area contributed by atoms with Crippen molar-refractivity contribution in [1.82, 2.24) is 9.38 Å². The number of thiazole rings is 1. The van der Waals surface area contributed by atoms with E-state index in [1.165, 1.54) is 11.3 Å². The molecule has 0 aliphatic carbocycles. The molecule has 0 unspecified atom stereocenters. The lowest BCUT2D eigenvalue weighted by Gasteiger charge is -2.05. The lowest BCUT2D eigenvalue weighted by atomic mass is 10.1. The fourth-order valence-electron chi connectivity index (χ4n) is 3.03. The summed E-state index contributed by atoms with van der Waals surface area (Å²) < 4.78 is 7.17. The number of rotatable bonds is 4. The first kappa shape index (κ1) is 16.4. The number of aryl methyl sites for hydroxylation is 1. The van der Waals surface area contributed by atoms with E-state index in [2.05, 4.69) is 4.98 Å². The zero-order valence-corrected chi connectivity index (χ0v) is 15.1. The first-order chi connectivity index (χ1) is 12.6. The van der Waals surface area contributed by atoms with E-state index < -0.39 is 5.97 Å². The number of methoxy groups -OCH3 is 1. The number of nitrogens with zero attached hydrogens (tertiary/aromatic N) is 2. The number of imidazole rings is 1. The van der Waals surface area contributed by atoms with E-state index in [0.717, 1.165) is 28.1 Å². The predicted octanol–water partition coefficient (Wildman–Crippen LogP) is 4.75. The summed E-state index contributed by atoms with van der Waals surface area (Å²) in [4.78, 5) is 17.3. The first-order valence-electron chi connectivity index (χ1n) is 8.04. The fraction of sp³-hybridized carbons (Fsp3) is 0.100. The van der Waals surface area contributed by atoms with Gasteiger partial charge < -0.3 is 9.84 Å². The van der Waals surface area contributed by atoms with Gasteiger partial charge in [0.05, 0.1) is 18.5 Å². The summed E-state index contributed by atoms with van der Waals surface area (Å²) in [5.74, 6) is -0.117. The number of hydrogen-bond donors (Lipinski definition) is 1. The van der Waals surface area contributed by atoms with Crippen molar-refractivity contribution < 1.29 is 14.6 Å². The quantitative estimate of drug-likeness (QED) is 0.568. The highest BCUT2D eigenvalue weighted by molar-refractivity contribution is 7.19. The molecule has 4 aromatic rings. The van der Waals surface area contributed by atoms with Crippen LogP contribution in [-0.4, -0.2) is 27.6 Å². The molecule has 5 nitrogen and oxygen atoms in total. The molecule has 0 radical (unpaired) electrons. The normalized spacial score (nSPS) is 11.0. The van der Waals surface area contributed by atoms with Gasteiger partial charge in [0.1, 0.15) is 10.6 Å². The number of aromatic carboxylic acids is 1. The Hall–Kier alpha value is -3.12. The van der Waals surface area contributed by atoms with E-state index in [0.29, 0.717) is 10.7 Å². The van der Waals surface area contributed by atoms with Crippen LogP contribution < -0.4 is 4.74 Å². The summed E-state index contributed by atoms with van der Waals surface area (Å²) in [6.07, 6.45) is 1.89. The average Bonchev–Trinajstić information content (AvgIpc) is 3.20. The minimum atomic E-state index is -0.943. The molecule has 2 aromatic heterocycles. The summed E-state index contributed by atoms with van der Waals surface area (Å²) in [6, 6.07) is 15.4. The molecular weight excluding hydrogens is 348 g/mol. The molecule has 2 aromatic carbocycles. The minimum Gasteiger partial charge on any atom is -0.496 e. The van der Waals surface area contributed by atoms with Crippen LogP contribution in [0.3, 0.4) is 0 Å². The second-order valence-corrected chi connectivity index (χ2v) is 6.89. The Balaban J connectivity index is 1.90. The maximum absolute atomic E-state index is 11.7. The van der Waals surface area contributed by atoms with Gasteiger partial charge in [0.15, 0.2) is 4.96 Å². The molecule has 1 N–H and O–H groups in total. The zero-order chi connectivity index (χ0) is 18.3. The van der Waals surface area contributed by atoms with Crippen molar-refractivity contribution in [3.05, 3.63) is 65.2 Å². The number of hydrogen-bond acceptors (Lipinski definition) is 4. The number of carboxylic acids is 1. The summed E-state index contributed by atoms with van der Waals surface area (Å²) >= 11 is 1.18. The predicted molar refractivity (Wildman–Crippen MR) is 102 cm³/mol. The standard InChI is InChI=1S/C20H16N2O3S/c1-12-10-14(8-9-16(12)25-2)15-11-22-17(13-6-4-3-5-7-13)18(19(23)24)26-20(22)21-15/h3-11H,1-2H3,(H,23,24). The van der Waals surface area contributed by atoms with Gasteiger partial charge in [-0.05, 0) is 30.7 Å². The van der Waals surface area contributed by atoms with E-state index in [1.807, 2.05) is 66.1 Å². The molecular formula is C20H16N2O3S. The maximum atomic E-state index is 11.7. The number of carbonyl (C=O) groups is 1. The van der Waals surface area contributed by atoms with Gasteiger partial charge in [-0.25, -0.2) is 9.78 Å². The molecule has 4 rings (SSSR count). The Bertz CT molecular complexity index is 1110. The third kappa shape index (κ3) is 2.64. The molecule has 6 heteroatoms. The van der Waals surface area contributed by atoms with Gasteiger partial charge in [-0.1, -0.05) is 41.7 Å². The van der Waals surface area contributed by atoms with Crippen molar-refractivity contribution >= 4 is 22.3 Å². The smallest absolute Gasteiger partial charge is 0.348 e. The molecule has 0 saturated carbocycles. The number of ether oxygens (including phenoxy) is 1. The number of benzene rings is 2. The van der Waals surface area contributed by atoms with Crippen molar-refractivity contribution in [1.29, 1.82) is 0 Å². The third-order valence-corrected chi connectivity index (χ3v) is 5.30. The van der Waals surface area contributed by atoms with Crippen LogP contribution in [0.4, 0.5) is 0 Å². The van der Waals surface area contributed by atoms with Gasteiger partial charge in [-0.2, -0.15) is 0 Å². The Kier molecular flexibility index (Phi) is 3.97. The van der Waals surface area contributed by atoms with Crippen LogP contribution in [0.1, 0.15) is 15.2 Å². The summed E-state index contributed by atoms with van der Waals surface area (Å²) in [5, 5.41) is 9.58. The Labute approximate surface area is 154 Å². The molecule has 0 bridgehead atoms. The maximum Gasteiger partial charge on any atom is 0.348 e. The van der Waals surface area contributed by atoms with Gasteiger partial charge in [-0.15, -0.1) is 0 Å². The summed E-state index contributed by atoms with van der Waals surface area (Å²) in [6.45, 7) is 1.98. The minimum absolute atomic E-state index is 0.288. The van der Waals surface area contributed by atoms with Crippen molar-refractivity contribution in [2.45, 2.75) is 6.92 Å². The van der Waals surface area contributed by atoms with Crippen LogP contribution in [0.5, 0.6) is 5.75 Å². The van der Waals surface area contributed by atoms with Crippen LogP contribution >= 0.6 is 11.3 Å². The van der Waals surface area contributed by atoms with Crippen LogP contribution in [0.15, 0.2) is 54.7 Å². The van der Waals surface area contributed by atoms with Crippen molar-refractivity contribution in [2.75, 3.05) is 7.11 Å². The largest absolute Gasteiger partial charge is 0.496 e. The number of carboxylic acid groups (broad SMARTS) is 1. The highest BCUT2D eigenvalue weighted by Crippen LogP contribution is 2.34. The highest BCUT2D eigenvalue weighted by Gasteiger charge is 2.21. The third-order valence-electron chi connectivity index (χ3n) is 4.25. The fourth-order valence-corrected chi connectivity index (χ4v) is 4.00. The van der Waals surface area contributed by atoms with Gasteiger partial charge in [0, 0.05) is 17.3 Å². The van der Waals surface area contributed by atoms with Crippen LogP contribution in [0.2, 0.25) is 0 Å². The second kappa shape index (κ2) is 6.31. The molecule has 0 fully saturated rings.